The number of aromatic nitrogens is 5. The number of nitrogens with zero attached hydrogens (tertiary/aromatic N) is 6. The summed E-state index contributed by atoms with van der Waals surface area (Å²) in [5, 5.41) is 5.21. The Balaban J connectivity index is 1.30. The average Bonchev–Trinajstić information content (AvgIpc) is 3.17. The Morgan fingerprint density at radius 3 is 1.37 bits per heavy atom. The summed E-state index contributed by atoms with van der Waals surface area (Å²) in [4.78, 5) is 29.7. The minimum absolute atomic E-state index is 0.805. The quantitative estimate of drug-likeness (QED) is 0.140. The first-order chi connectivity index (χ1) is 24.2. The van der Waals surface area contributed by atoms with Gasteiger partial charge in [-0.2, -0.15) is 0 Å². The Hall–Kier alpha value is -6.66. The molecule has 0 fully saturated rings. The molecule has 6 nitrogen and oxygen atoms in total. The highest BCUT2D eigenvalue weighted by Crippen LogP contribution is 2.36. The van der Waals surface area contributed by atoms with Gasteiger partial charge in [0.2, 0.25) is 0 Å². The van der Waals surface area contributed by atoms with Crippen LogP contribution < -0.4 is 0 Å². The van der Waals surface area contributed by atoms with E-state index in [1.807, 2.05) is 43.6 Å². The highest BCUT2D eigenvalue weighted by molar-refractivity contribution is 6.05. The molecule has 9 aromatic rings. The highest BCUT2D eigenvalue weighted by atomic mass is 14.8. The largest absolute Gasteiger partial charge is 0.259 e. The Bertz CT molecular complexity index is 2680. The standard InChI is InChI=1S/C43H28N6/c1-3-26-9-10-29-15-18-35(47-41(29)38(26)44-4-2)32-23-33(36-19-16-30-13-11-27-7-5-21-45-39(27)42(30)48-36)25-34(24-32)37-20-17-31-14-12-28-8-6-22-46-40(28)43(31)49-37/h3-25H,1H2,2H3/b44-4-. The SMILES string of the molecule is C=Cc1ccc2ccc(-c3cc(-c4ccc5ccc6cccnc6c5n4)cc(-c4ccc5ccc6cccnc6c5n4)c3)nc2c1/N=C\C. The van der Waals surface area contributed by atoms with Crippen molar-refractivity contribution in [3.05, 3.63) is 140 Å². The van der Waals surface area contributed by atoms with E-state index in [2.05, 4.69) is 119 Å². The maximum atomic E-state index is 5.20. The summed E-state index contributed by atoms with van der Waals surface area (Å²) in [5.41, 5.74) is 11.4. The van der Waals surface area contributed by atoms with Crippen molar-refractivity contribution in [3.63, 3.8) is 0 Å². The van der Waals surface area contributed by atoms with Crippen LogP contribution >= 0.6 is 0 Å². The molecule has 0 radical (unpaired) electrons. The monoisotopic (exact) mass is 628 g/mol. The van der Waals surface area contributed by atoms with E-state index < -0.39 is 0 Å². The number of rotatable bonds is 5. The second kappa shape index (κ2) is 11.5. The van der Waals surface area contributed by atoms with E-state index in [0.29, 0.717) is 0 Å². The molecule has 49 heavy (non-hydrogen) atoms. The van der Waals surface area contributed by atoms with Crippen LogP contribution in [0.25, 0.3) is 94.4 Å². The number of pyridine rings is 5. The van der Waals surface area contributed by atoms with Crippen molar-refractivity contribution >= 4 is 72.5 Å². The van der Waals surface area contributed by atoms with E-state index in [0.717, 1.165) is 99.5 Å². The lowest BCUT2D eigenvalue weighted by Crippen LogP contribution is -1.94. The van der Waals surface area contributed by atoms with E-state index in [1.54, 1.807) is 6.21 Å². The van der Waals surface area contributed by atoms with Crippen molar-refractivity contribution in [1.29, 1.82) is 0 Å². The van der Waals surface area contributed by atoms with E-state index in [-0.39, 0.29) is 0 Å². The van der Waals surface area contributed by atoms with Crippen LogP contribution in [-0.2, 0) is 0 Å². The van der Waals surface area contributed by atoms with Crippen molar-refractivity contribution < 1.29 is 0 Å². The first-order valence-corrected chi connectivity index (χ1v) is 16.2. The topological polar surface area (TPSA) is 76.8 Å². The van der Waals surface area contributed by atoms with Crippen molar-refractivity contribution in [1.82, 2.24) is 24.9 Å². The highest BCUT2D eigenvalue weighted by Gasteiger charge is 2.15. The van der Waals surface area contributed by atoms with Gasteiger partial charge in [-0.1, -0.05) is 79.4 Å². The first kappa shape index (κ1) is 28.6. The Morgan fingerprint density at radius 2 is 0.898 bits per heavy atom. The fraction of sp³-hybridized carbons (Fsp3) is 0.0233. The molecule has 6 heteroatoms. The van der Waals surface area contributed by atoms with Crippen molar-refractivity contribution in [2.75, 3.05) is 0 Å². The predicted molar refractivity (Wildman–Crippen MR) is 203 cm³/mol. The zero-order chi connectivity index (χ0) is 32.9. The summed E-state index contributed by atoms with van der Waals surface area (Å²) in [6.07, 6.45) is 7.25. The molecule has 0 N–H and O–H groups in total. The summed E-state index contributed by atoms with van der Waals surface area (Å²) in [7, 11) is 0. The fourth-order valence-corrected chi connectivity index (χ4v) is 6.62. The maximum absolute atomic E-state index is 5.20. The van der Waals surface area contributed by atoms with Gasteiger partial charge < -0.3 is 0 Å². The molecule has 5 heterocycles. The average molecular weight is 629 g/mol. The normalized spacial score (nSPS) is 11.8. The molecule has 0 aliphatic heterocycles. The van der Waals surface area contributed by atoms with Gasteiger partial charge >= 0.3 is 0 Å². The molecule has 0 spiro atoms. The van der Waals surface area contributed by atoms with Gasteiger partial charge in [-0.05, 0) is 55.5 Å². The zero-order valence-corrected chi connectivity index (χ0v) is 26.7. The predicted octanol–water partition coefficient (Wildman–Crippen LogP) is 10.8. The third-order valence-corrected chi connectivity index (χ3v) is 9.03. The van der Waals surface area contributed by atoms with Crippen LogP contribution in [-0.4, -0.2) is 31.1 Å². The number of fused-ring (bicyclic) bond motifs is 7. The molecule has 9 rings (SSSR count). The van der Waals surface area contributed by atoms with Crippen LogP contribution in [0.15, 0.2) is 139 Å². The van der Waals surface area contributed by atoms with Crippen molar-refractivity contribution in [2.45, 2.75) is 6.92 Å². The van der Waals surface area contributed by atoms with Gasteiger partial charge in [-0.25, -0.2) is 15.0 Å². The van der Waals surface area contributed by atoms with Crippen LogP contribution in [0.1, 0.15) is 12.5 Å². The van der Waals surface area contributed by atoms with Gasteiger partial charge in [0.25, 0.3) is 0 Å². The van der Waals surface area contributed by atoms with Crippen molar-refractivity contribution in [2.24, 2.45) is 4.99 Å². The van der Waals surface area contributed by atoms with Crippen LogP contribution in [0.2, 0.25) is 0 Å². The van der Waals surface area contributed by atoms with Crippen LogP contribution in [0, 0.1) is 0 Å². The molecule has 0 saturated carbocycles. The molecule has 5 aromatic heterocycles. The second-order valence-corrected chi connectivity index (χ2v) is 12.0. The third kappa shape index (κ3) is 4.89. The Labute approximate surface area is 282 Å². The fourth-order valence-electron chi connectivity index (χ4n) is 6.62. The summed E-state index contributed by atoms with van der Waals surface area (Å²) >= 11 is 0. The summed E-state index contributed by atoms with van der Waals surface area (Å²) in [5.74, 6) is 0. The molecule has 0 bridgehead atoms. The zero-order valence-electron chi connectivity index (χ0n) is 26.7. The minimum atomic E-state index is 0.805. The van der Waals surface area contributed by atoms with E-state index in [9.17, 15) is 0 Å². The Kier molecular flexibility index (Phi) is 6.73. The van der Waals surface area contributed by atoms with E-state index >= 15 is 0 Å². The molecule has 0 amide bonds. The molecule has 0 unspecified atom stereocenters. The molecule has 4 aromatic carbocycles. The van der Waals surface area contributed by atoms with Gasteiger partial charge in [0.1, 0.15) is 0 Å². The third-order valence-electron chi connectivity index (χ3n) is 9.03. The number of benzene rings is 4. The number of hydrogen-bond donors (Lipinski definition) is 0. The smallest absolute Gasteiger partial charge is 0.0972 e. The van der Waals surface area contributed by atoms with Gasteiger partial charge in [0.15, 0.2) is 0 Å². The van der Waals surface area contributed by atoms with E-state index in [1.165, 1.54) is 0 Å². The lowest BCUT2D eigenvalue weighted by molar-refractivity contribution is 1.34. The first-order valence-electron chi connectivity index (χ1n) is 16.2. The van der Waals surface area contributed by atoms with Crippen molar-refractivity contribution in [3.8, 4) is 33.8 Å². The lowest BCUT2D eigenvalue weighted by Gasteiger charge is -2.13. The molecule has 230 valence electrons. The van der Waals surface area contributed by atoms with Gasteiger partial charge in [-0.15, -0.1) is 0 Å². The number of aliphatic imine (C=N–C) groups is 1. The molecule has 0 saturated heterocycles. The minimum Gasteiger partial charge on any atom is -0.259 e. The molecular weight excluding hydrogens is 601 g/mol. The molecule has 0 aliphatic carbocycles. The van der Waals surface area contributed by atoms with Crippen LogP contribution in [0.5, 0.6) is 0 Å². The lowest BCUT2D eigenvalue weighted by atomic mass is 9.97. The van der Waals surface area contributed by atoms with Gasteiger partial charge in [0.05, 0.1) is 50.4 Å². The summed E-state index contributed by atoms with van der Waals surface area (Å²) in [6.45, 7) is 5.92. The van der Waals surface area contributed by atoms with Gasteiger partial charge in [-0.3, -0.25) is 15.0 Å². The maximum Gasteiger partial charge on any atom is 0.0972 e. The molecular formula is C43H28N6. The van der Waals surface area contributed by atoms with Crippen LogP contribution in [0.4, 0.5) is 5.69 Å². The molecule has 0 aliphatic rings. The second-order valence-electron chi connectivity index (χ2n) is 12.0. The van der Waals surface area contributed by atoms with Crippen LogP contribution in [0.3, 0.4) is 0 Å². The molecule has 0 atom stereocenters. The van der Waals surface area contributed by atoms with Gasteiger partial charge in [0, 0.05) is 67.8 Å². The summed E-state index contributed by atoms with van der Waals surface area (Å²) < 4.78 is 0. The number of hydrogen-bond acceptors (Lipinski definition) is 6. The Morgan fingerprint density at radius 1 is 0.490 bits per heavy atom. The summed E-state index contributed by atoms with van der Waals surface area (Å²) in [6, 6.07) is 39.5. The van der Waals surface area contributed by atoms with E-state index in [4.69, 9.17) is 15.0 Å².